The molecule has 2 aromatic heterocycles. The van der Waals surface area contributed by atoms with Gasteiger partial charge < -0.3 is 14.8 Å². The van der Waals surface area contributed by atoms with Gasteiger partial charge in [0.15, 0.2) is 0 Å². The van der Waals surface area contributed by atoms with Crippen LogP contribution in [-0.4, -0.2) is 74.4 Å². The molecule has 3 aliphatic heterocycles. The van der Waals surface area contributed by atoms with Crippen molar-refractivity contribution in [1.82, 2.24) is 29.7 Å². The number of hydrogen-bond donors (Lipinski definition) is 1. The first-order chi connectivity index (χ1) is 22.5. The number of benzene rings is 2. The van der Waals surface area contributed by atoms with E-state index in [0.717, 1.165) is 43.6 Å². The van der Waals surface area contributed by atoms with E-state index < -0.39 is 0 Å². The lowest BCUT2D eigenvalue weighted by Crippen LogP contribution is -2.49. The van der Waals surface area contributed by atoms with Gasteiger partial charge in [-0.2, -0.15) is 0 Å². The number of likely N-dealkylation sites (tertiary alicyclic amines) is 1. The summed E-state index contributed by atoms with van der Waals surface area (Å²) in [4.78, 5) is 40.6. The standard InChI is InChI=1S/C38H46N6O2/c1-3-20-40-36(45)32-12-9-21-39-35(32)37(46)42-22-17-38(18-23-42,28-10-5-4-6-11-28)19-24-43-29-15-16-30(43)26-31(25-29)44-27(2)41-33-13-7-8-14-34(33)44/h4-14,21,29-31H,3,15-20,22-26H2,1-2H3,(H,40,45). The summed E-state index contributed by atoms with van der Waals surface area (Å²) in [6, 6.07) is 24.6. The highest BCUT2D eigenvalue weighted by Gasteiger charge is 2.44. The number of hydrogen-bond acceptors (Lipinski definition) is 5. The van der Waals surface area contributed by atoms with E-state index >= 15 is 0 Å². The quantitative estimate of drug-likeness (QED) is 0.238. The maximum atomic E-state index is 13.7. The smallest absolute Gasteiger partial charge is 0.273 e. The lowest BCUT2D eigenvalue weighted by molar-refractivity contribution is 0.0598. The van der Waals surface area contributed by atoms with Crippen LogP contribution in [0.2, 0.25) is 0 Å². The number of fused-ring (bicyclic) bond motifs is 3. The van der Waals surface area contributed by atoms with E-state index in [-0.39, 0.29) is 22.9 Å². The third-order valence-corrected chi connectivity index (χ3v) is 11.0. The monoisotopic (exact) mass is 618 g/mol. The number of aromatic nitrogens is 3. The Balaban J connectivity index is 1.05. The number of para-hydroxylation sites is 2. The predicted molar refractivity (Wildman–Crippen MR) is 181 cm³/mol. The molecule has 0 aliphatic carbocycles. The molecule has 1 N–H and O–H groups in total. The number of rotatable bonds is 9. The number of nitrogens with one attached hydrogen (secondary N) is 1. The van der Waals surface area contributed by atoms with Crippen LogP contribution in [0.1, 0.15) is 96.6 Å². The van der Waals surface area contributed by atoms with E-state index in [0.29, 0.717) is 43.3 Å². The number of aryl methyl sites for hydroxylation is 1. The molecule has 0 spiro atoms. The van der Waals surface area contributed by atoms with Crippen LogP contribution in [0.3, 0.4) is 0 Å². The molecule has 2 atom stereocenters. The largest absolute Gasteiger partial charge is 0.352 e. The van der Waals surface area contributed by atoms with Crippen LogP contribution in [0.4, 0.5) is 0 Å². The topological polar surface area (TPSA) is 83.4 Å². The molecular weight excluding hydrogens is 572 g/mol. The summed E-state index contributed by atoms with van der Waals surface area (Å²) < 4.78 is 2.51. The minimum Gasteiger partial charge on any atom is -0.352 e. The number of carbonyl (C=O) groups is 2. The number of piperidine rings is 2. The van der Waals surface area contributed by atoms with Crippen LogP contribution >= 0.6 is 0 Å². The molecule has 0 saturated carbocycles. The first-order valence-electron chi connectivity index (χ1n) is 17.2. The third kappa shape index (κ3) is 5.72. The summed E-state index contributed by atoms with van der Waals surface area (Å²) >= 11 is 0. The number of carbonyl (C=O) groups excluding carboxylic acids is 2. The maximum absolute atomic E-state index is 13.7. The Labute approximate surface area is 272 Å². The van der Waals surface area contributed by atoms with Gasteiger partial charge in [-0.05, 0) is 100 Å². The Kier molecular flexibility index (Phi) is 8.64. The van der Waals surface area contributed by atoms with Crippen LogP contribution in [0, 0.1) is 6.92 Å². The molecule has 3 fully saturated rings. The van der Waals surface area contributed by atoms with Gasteiger partial charge >= 0.3 is 0 Å². The van der Waals surface area contributed by atoms with Gasteiger partial charge in [0.1, 0.15) is 11.5 Å². The van der Waals surface area contributed by atoms with Crippen molar-refractivity contribution in [3.05, 3.63) is 95.6 Å². The van der Waals surface area contributed by atoms with E-state index in [1.165, 1.54) is 36.8 Å². The third-order valence-electron chi connectivity index (χ3n) is 11.0. The minimum atomic E-state index is -0.233. The van der Waals surface area contributed by atoms with Gasteiger partial charge in [-0.25, -0.2) is 4.98 Å². The molecular formula is C38H46N6O2. The van der Waals surface area contributed by atoms with Crippen LogP contribution < -0.4 is 5.32 Å². The summed E-state index contributed by atoms with van der Waals surface area (Å²) in [7, 11) is 0. The fourth-order valence-electron chi connectivity index (χ4n) is 8.65. The zero-order chi connectivity index (χ0) is 31.7. The van der Waals surface area contributed by atoms with Crippen LogP contribution in [0.5, 0.6) is 0 Å². The fourth-order valence-corrected chi connectivity index (χ4v) is 8.65. The molecule has 7 rings (SSSR count). The Hall–Kier alpha value is -4.04. The van der Waals surface area contributed by atoms with Gasteiger partial charge in [0, 0.05) is 44.0 Å². The van der Waals surface area contributed by atoms with Gasteiger partial charge in [0.2, 0.25) is 0 Å². The normalized spacial score (nSPS) is 22.7. The molecule has 240 valence electrons. The zero-order valence-corrected chi connectivity index (χ0v) is 27.2. The molecule has 8 heteroatoms. The van der Waals surface area contributed by atoms with Gasteiger partial charge in [-0.3, -0.25) is 19.5 Å². The number of imidazole rings is 1. The summed E-state index contributed by atoms with van der Waals surface area (Å²) in [6.07, 6.45) is 10.2. The van der Waals surface area contributed by atoms with E-state index in [9.17, 15) is 9.59 Å². The Morgan fingerprint density at radius 3 is 2.37 bits per heavy atom. The fraction of sp³-hybridized carbons (Fsp3) is 0.474. The lowest BCUT2D eigenvalue weighted by Gasteiger charge is -2.45. The predicted octanol–water partition coefficient (Wildman–Crippen LogP) is 6.31. The maximum Gasteiger partial charge on any atom is 0.273 e. The second-order valence-electron chi connectivity index (χ2n) is 13.6. The van der Waals surface area contributed by atoms with Crippen molar-refractivity contribution in [3.63, 3.8) is 0 Å². The molecule has 8 nitrogen and oxygen atoms in total. The zero-order valence-electron chi connectivity index (χ0n) is 27.2. The highest BCUT2D eigenvalue weighted by Crippen LogP contribution is 2.45. The molecule has 3 aliphatic rings. The molecule has 3 saturated heterocycles. The highest BCUT2D eigenvalue weighted by atomic mass is 16.2. The molecule has 5 heterocycles. The first kappa shape index (κ1) is 30.6. The molecule has 46 heavy (non-hydrogen) atoms. The molecule has 2 aromatic carbocycles. The van der Waals surface area contributed by atoms with Crippen LogP contribution in [-0.2, 0) is 5.41 Å². The number of pyridine rings is 1. The van der Waals surface area contributed by atoms with Crippen molar-refractivity contribution in [2.75, 3.05) is 26.2 Å². The summed E-state index contributed by atoms with van der Waals surface area (Å²) in [5.41, 5.74) is 4.37. The first-order valence-corrected chi connectivity index (χ1v) is 17.2. The van der Waals surface area contributed by atoms with Crippen molar-refractivity contribution in [3.8, 4) is 0 Å². The summed E-state index contributed by atoms with van der Waals surface area (Å²) in [6.45, 7) is 7.13. The molecule has 4 aromatic rings. The molecule has 2 amide bonds. The summed E-state index contributed by atoms with van der Waals surface area (Å²) in [5.74, 6) is 0.748. The number of nitrogens with zero attached hydrogens (tertiary/aromatic N) is 5. The second-order valence-corrected chi connectivity index (χ2v) is 13.6. The van der Waals surface area contributed by atoms with Crippen LogP contribution in [0.15, 0.2) is 72.9 Å². The SMILES string of the molecule is CCCNC(=O)c1cccnc1C(=O)N1CCC(CCN2C3CCC2CC(n2c(C)nc4ccccc42)C3)(c2ccccc2)CC1. The van der Waals surface area contributed by atoms with Crippen molar-refractivity contribution in [1.29, 1.82) is 0 Å². The van der Waals surface area contributed by atoms with E-state index in [1.807, 2.05) is 11.8 Å². The van der Waals surface area contributed by atoms with Gasteiger partial charge in [0.05, 0.1) is 16.6 Å². The van der Waals surface area contributed by atoms with E-state index in [4.69, 9.17) is 4.98 Å². The van der Waals surface area contributed by atoms with Crippen molar-refractivity contribution in [2.24, 2.45) is 0 Å². The van der Waals surface area contributed by atoms with Crippen molar-refractivity contribution >= 4 is 22.8 Å². The Morgan fingerprint density at radius 1 is 0.913 bits per heavy atom. The Bertz CT molecular complexity index is 1680. The van der Waals surface area contributed by atoms with Crippen molar-refractivity contribution in [2.45, 2.75) is 88.8 Å². The lowest BCUT2D eigenvalue weighted by atomic mass is 9.70. The second kappa shape index (κ2) is 13.0. The van der Waals surface area contributed by atoms with Gasteiger partial charge in [-0.1, -0.05) is 49.4 Å². The van der Waals surface area contributed by atoms with Crippen molar-refractivity contribution < 1.29 is 9.59 Å². The van der Waals surface area contributed by atoms with E-state index in [1.54, 1.807) is 18.3 Å². The molecule has 2 unspecified atom stereocenters. The number of amides is 2. The van der Waals surface area contributed by atoms with E-state index in [2.05, 4.69) is 81.3 Å². The Morgan fingerprint density at radius 2 is 1.63 bits per heavy atom. The van der Waals surface area contributed by atoms with Gasteiger partial charge in [-0.15, -0.1) is 0 Å². The van der Waals surface area contributed by atoms with Crippen LogP contribution in [0.25, 0.3) is 11.0 Å². The minimum absolute atomic E-state index is 0.0108. The highest BCUT2D eigenvalue weighted by molar-refractivity contribution is 6.05. The summed E-state index contributed by atoms with van der Waals surface area (Å²) in [5, 5.41) is 2.90. The molecule has 2 bridgehead atoms. The average Bonchev–Trinajstić information content (AvgIpc) is 3.56. The molecule has 0 radical (unpaired) electrons. The van der Waals surface area contributed by atoms with Gasteiger partial charge in [0.25, 0.3) is 11.8 Å². The average molecular weight is 619 g/mol.